The van der Waals surface area contributed by atoms with Crippen LogP contribution in [0, 0.1) is 6.92 Å². The monoisotopic (exact) mass is 498 g/mol. The number of aromatic nitrogens is 5. The summed E-state index contributed by atoms with van der Waals surface area (Å²) in [5, 5.41) is 3.66. The lowest BCUT2D eigenvalue weighted by atomic mass is 10.2. The number of rotatable bonds is 5. The number of pyridine rings is 1. The van der Waals surface area contributed by atoms with Gasteiger partial charge >= 0.3 is 11.9 Å². The number of hydrogen-bond acceptors (Lipinski definition) is 5. The van der Waals surface area contributed by atoms with E-state index in [4.69, 9.17) is 16.3 Å². The van der Waals surface area contributed by atoms with Gasteiger partial charge in [0.05, 0.1) is 36.0 Å². The van der Waals surface area contributed by atoms with Gasteiger partial charge in [0.1, 0.15) is 5.82 Å². The maximum Gasteiger partial charge on any atom is 0.418 e. The van der Waals surface area contributed by atoms with Gasteiger partial charge in [0.2, 0.25) is 0 Å². The molecule has 0 amide bonds. The maximum absolute atomic E-state index is 13.9. The van der Waals surface area contributed by atoms with E-state index in [9.17, 15) is 18.0 Å². The van der Waals surface area contributed by atoms with Gasteiger partial charge in [0, 0.05) is 42.8 Å². The van der Waals surface area contributed by atoms with Crippen molar-refractivity contribution in [2.24, 2.45) is 0 Å². The summed E-state index contributed by atoms with van der Waals surface area (Å²) in [6, 6.07) is 1.09. The minimum absolute atomic E-state index is 0.0948. The smallest absolute Gasteiger partial charge is 0.375 e. The van der Waals surface area contributed by atoms with E-state index < -0.39 is 22.5 Å². The molecule has 4 heterocycles. The maximum atomic E-state index is 13.9. The van der Waals surface area contributed by atoms with Crippen LogP contribution in [-0.4, -0.2) is 49.7 Å². The second-order valence-electron chi connectivity index (χ2n) is 8.72. The normalized spacial score (nSPS) is 17.1. The summed E-state index contributed by atoms with van der Waals surface area (Å²) in [7, 11) is 0. The zero-order chi connectivity index (χ0) is 24.8. The van der Waals surface area contributed by atoms with Gasteiger partial charge in [-0.25, -0.2) is 14.3 Å². The lowest BCUT2D eigenvalue weighted by Crippen LogP contribution is -2.41. The molecule has 3 aromatic rings. The molecule has 0 aliphatic carbocycles. The quantitative estimate of drug-likeness (QED) is 0.530. The van der Waals surface area contributed by atoms with E-state index in [1.54, 1.807) is 22.7 Å². The molecule has 4 rings (SSSR count). The van der Waals surface area contributed by atoms with E-state index in [2.05, 4.69) is 10.1 Å². The predicted octanol–water partition coefficient (Wildman–Crippen LogP) is 4.07. The van der Waals surface area contributed by atoms with Crippen LogP contribution >= 0.6 is 11.6 Å². The predicted molar refractivity (Wildman–Crippen MR) is 122 cm³/mol. The van der Waals surface area contributed by atoms with Crippen LogP contribution in [0.3, 0.4) is 0 Å². The number of nitrogens with zero attached hydrogens (tertiary/aromatic N) is 6. The van der Waals surface area contributed by atoms with Crippen molar-refractivity contribution in [2.45, 2.75) is 52.6 Å². The van der Waals surface area contributed by atoms with Crippen molar-refractivity contribution in [3.8, 4) is 5.82 Å². The molecule has 0 unspecified atom stereocenters. The fourth-order valence-electron chi connectivity index (χ4n) is 3.92. The Morgan fingerprint density at radius 3 is 2.65 bits per heavy atom. The molecule has 0 spiro atoms. The zero-order valence-corrected chi connectivity index (χ0v) is 20.1. The number of halogens is 4. The summed E-state index contributed by atoms with van der Waals surface area (Å²) in [5.74, 6) is -0.159. The molecule has 1 aliphatic rings. The van der Waals surface area contributed by atoms with Crippen LogP contribution in [0.5, 0.6) is 0 Å². The first-order chi connectivity index (χ1) is 16.0. The van der Waals surface area contributed by atoms with Gasteiger partial charge in [-0.15, -0.1) is 0 Å². The Morgan fingerprint density at radius 1 is 1.29 bits per heavy atom. The minimum Gasteiger partial charge on any atom is -0.375 e. The molecule has 3 aromatic heterocycles. The third kappa shape index (κ3) is 4.72. The molecule has 12 heteroatoms. The zero-order valence-electron chi connectivity index (χ0n) is 19.3. The Morgan fingerprint density at radius 2 is 2.03 bits per heavy atom. The Bertz CT molecular complexity index is 1250. The highest BCUT2D eigenvalue weighted by atomic mass is 35.5. The van der Waals surface area contributed by atoms with E-state index >= 15 is 0 Å². The Labute approximate surface area is 199 Å². The van der Waals surface area contributed by atoms with E-state index in [0.29, 0.717) is 25.4 Å². The largest absolute Gasteiger partial charge is 0.418 e. The summed E-state index contributed by atoms with van der Waals surface area (Å²) < 4.78 is 51.3. The molecular formula is C22H26ClF3N6O2. The molecule has 0 bridgehead atoms. The highest BCUT2D eigenvalue weighted by molar-refractivity contribution is 6.33. The van der Waals surface area contributed by atoms with Crippen molar-refractivity contribution in [3.63, 3.8) is 0 Å². The van der Waals surface area contributed by atoms with Crippen molar-refractivity contribution in [2.75, 3.05) is 24.6 Å². The molecule has 1 saturated heterocycles. The van der Waals surface area contributed by atoms with E-state index in [1.165, 1.54) is 10.8 Å². The number of morpholine rings is 1. The third-order valence-electron chi connectivity index (χ3n) is 5.73. The average molecular weight is 499 g/mol. The van der Waals surface area contributed by atoms with Crippen LogP contribution in [0.2, 0.25) is 5.02 Å². The lowest BCUT2D eigenvalue weighted by molar-refractivity contribution is -0.137. The Hall–Kier alpha value is -2.79. The summed E-state index contributed by atoms with van der Waals surface area (Å²) in [4.78, 5) is 19.4. The van der Waals surface area contributed by atoms with Gasteiger partial charge in [0.25, 0.3) is 0 Å². The molecule has 0 N–H and O–H groups in total. The van der Waals surface area contributed by atoms with Gasteiger partial charge in [-0.3, -0.25) is 9.25 Å². The van der Waals surface area contributed by atoms with Crippen LogP contribution in [0.4, 0.5) is 19.0 Å². The first kappa shape index (κ1) is 24.3. The first-order valence-corrected chi connectivity index (χ1v) is 11.3. The minimum atomic E-state index is -4.71. The number of aryl methyl sites for hydroxylation is 1. The molecular weight excluding hydrogens is 473 g/mol. The van der Waals surface area contributed by atoms with Gasteiger partial charge in [-0.2, -0.15) is 18.3 Å². The van der Waals surface area contributed by atoms with Crippen molar-refractivity contribution >= 4 is 17.4 Å². The highest BCUT2D eigenvalue weighted by Crippen LogP contribution is 2.39. The third-order valence-corrected chi connectivity index (χ3v) is 6.10. The standard InChI is InChI=1S/C22H26ClF3N6O2/c1-13(2)32-12-16(8-27-32)11-30-14(3)9-31(21(30)33)20-19(23)17(22(24,25)26)7-18(28-20)29-5-6-34-15(4)10-29/h7-9,12-13,15H,5-6,10-11H2,1-4H3/t15-/m1/s1. The van der Waals surface area contributed by atoms with Crippen molar-refractivity contribution in [1.29, 1.82) is 0 Å². The summed E-state index contributed by atoms with van der Waals surface area (Å²) >= 11 is 6.19. The fraction of sp³-hybridized carbons (Fsp3) is 0.500. The average Bonchev–Trinajstić information content (AvgIpc) is 3.34. The van der Waals surface area contributed by atoms with Gasteiger partial charge in [-0.05, 0) is 33.8 Å². The second kappa shape index (κ2) is 9.10. The van der Waals surface area contributed by atoms with Crippen molar-refractivity contribution < 1.29 is 17.9 Å². The molecule has 8 nitrogen and oxygen atoms in total. The van der Waals surface area contributed by atoms with Crippen LogP contribution in [0.1, 0.15) is 43.6 Å². The van der Waals surface area contributed by atoms with Crippen molar-refractivity contribution in [3.05, 3.63) is 57.0 Å². The molecule has 1 atom stereocenters. The van der Waals surface area contributed by atoms with Crippen LogP contribution in [-0.2, 0) is 17.5 Å². The van der Waals surface area contributed by atoms with E-state index in [0.717, 1.165) is 16.2 Å². The number of anilines is 1. The molecule has 1 aliphatic heterocycles. The van der Waals surface area contributed by atoms with Crippen molar-refractivity contribution in [1.82, 2.24) is 23.9 Å². The van der Waals surface area contributed by atoms with Gasteiger partial charge in [-0.1, -0.05) is 11.6 Å². The van der Waals surface area contributed by atoms with Gasteiger partial charge < -0.3 is 9.64 Å². The summed E-state index contributed by atoms with van der Waals surface area (Å²) in [5.41, 5.74) is -0.226. The summed E-state index contributed by atoms with van der Waals surface area (Å²) in [6.45, 7) is 8.85. The van der Waals surface area contributed by atoms with E-state index in [-0.39, 0.29) is 30.3 Å². The van der Waals surface area contributed by atoms with Gasteiger partial charge in [0.15, 0.2) is 5.82 Å². The van der Waals surface area contributed by atoms with Crippen LogP contribution in [0.25, 0.3) is 5.82 Å². The fourth-order valence-corrected chi connectivity index (χ4v) is 4.21. The Balaban J connectivity index is 1.79. The molecule has 0 saturated carbocycles. The molecule has 0 radical (unpaired) electrons. The molecule has 34 heavy (non-hydrogen) atoms. The topological polar surface area (TPSA) is 70.1 Å². The second-order valence-corrected chi connectivity index (χ2v) is 9.10. The van der Waals surface area contributed by atoms with Crippen LogP contribution in [0.15, 0.2) is 29.5 Å². The Kier molecular flexibility index (Phi) is 6.52. The number of ether oxygens (including phenoxy) is 1. The number of alkyl halides is 3. The molecule has 1 fully saturated rings. The highest BCUT2D eigenvalue weighted by Gasteiger charge is 2.37. The number of imidazole rings is 1. The molecule has 184 valence electrons. The van der Waals surface area contributed by atoms with E-state index in [1.807, 2.05) is 27.0 Å². The number of hydrogen-bond donors (Lipinski definition) is 0. The van der Waals surface area contributed by atoms with Crippen LogP contribution < -0.4 is 10.6 Å². The summed E-state index contributed by atoms with van der Waals surface area (Å²) in [6.07, 6.45) is 0.0720. The molecule has 0 aromatic carbocycles. The lowest BCUT2D eigenvalue weighted by Gasteiger charge is -2.32. The SMILES string of the molecule is Cc1cn(-c2nc(N3CCO[C@H](C)C3)cc(C(F)(F)F)c2Cl)c(=O)n1Cc1cnn(C(C)C)c1. The first-order valence-electron chi connectivity index (χ1n) is 10.9.